The molecule has 0 fully saturated rings. The van der Waals surface area contributed by atoms with Gasteiger partial charge in [0.25, 0.3) is 11.4 Å². The molecule has 0 amide bonds. The van der Waals surface area contributed by atoms with Crippen LogP contribution in [-0.4, -0.2) is 27.2 Å². The van der Waals surface area contributed by atoms with Crippen molar-refractivity contribution in [2.45, 2.75) is 36.0 Å². The second-order valence-electron chi connectivity index (χ2n) is 11.1. The second-order valence-corrected chi connectivity index (χ2v) is 12.2. The molecule has 3 heterocycles. The van der Waals surface area contributed by atoms with Crippen molar-refractivity contribution in [3.8, 4) is 5.82 Å². The van der Waals surface area contributed by atoms with Crippen molar-refractivity contribution in [1.29, 1.82) is 0 Å². The third-order valence-corrected chi connectivity index (χ3v) is 8.22. The minimum atomic E-state index is -0.0244. The number of hydrogen-bond acceptors (Lipinski definition) is 2. The Hall–Kier alpha value is -3.75. The fraction of sp³-hybridized carbons (Fsp3) is 0.143. The first-order valence-electron chi connectivity index (χ1n) is 13.4. The van der Waals surface area contributed by atoms with E-state index in [0.717, 1.165) is 43.7 Å². The number of benzene rings is 4. The van der Waals surface area contributed by atoms with Gasteiger partial charge in [-0.2, -0.15) is 18.2 Å². The van der Waals surface area contributed by atoms with E-state index in [2.05, 4.69) is 126 Å². The summed E-state index contributed by atoms with van der Waals surface area (Å²) >= 11 is 1.69. The van der Waals surface area contributed by atoms with E-state index in [1.165, 1.54) is 16.3 Å². The molecule has 202 valence electrons. The van der Waals surface area contributed by atoms with Gasteiger partial charge in [-0.25, -0.2) is 4.98 Å². The first kappa shape index (κ1) is 27.4. The van der Waals surface area contributed by atoms with Gasteiger partial charge >= 0.3 is 27.1 Å². The standard InChI is InChI=1S/C35H28N4S.Pt/c1-35(2,3)24-19-25(38-23-37(4)31-13-7-8-14-32(31)38)21-27(20-24)40-26-16-17-29-28-11-5-6-12-30(28)39(33(29)22-26)34-15-9-10-18-36-34;/h5-20H,1-4H3;/q;+2. The predicted octanol–water partition coefficient (Wildman–Crippen LogP) is 8.52. The fourth-order valence-corrected chi connectivity index (χ4v) is 6.15. The zero-order chi connectivity index (χ0) is 27.4. The number of pyridine rings is 1. The summed E-state index contributed by atoms with van der Waals surface area (Å²) < 4.78 is 6.36. The van der Waals surface area contributed by atoms with Gasteiger partial charge in [0.2, 0.25) is 0 Å². The molecule has 0 bridgehead atoms. The molecule has 0 spiro atoms. The molecule has 0 unspecified atom stereocenters. The van der Waals surface area contributed by atoms with Crippen LogP contribution in [0.2, 0.25) is 0 Å². The van der Waals surface area contributed by atoms with Crippen LogP contribution >= 0.6 is 11.8 Å². The molecule has 4 nitrogen and oxygen atoms in total. The second kappa shape index (κ2) is 10.6. The van der Waals surface area contributed by atoms with E-state index < -0.39 is 0 Å². The van der Waals surface area contributed by atoms with E-state index in [0.29, 0.717) is 0 Å². The predicted molar refractivity (Wildman–Crippen MR) is 164 cm³/mol. The number of nitrogens with zero attached hydrogens (tertiary/aromatic N) is 4. The summed E-state index contributed by atoms with van der Waals surface area (Å²) in [6.07, 6.45) is 1.84. The summed E-state index contributed by atoms with van der Waals surface area (Å²) in [7, 11) is 2.03. The molecular formula is C35H28N4PtS+2. The molecule has 0 N–H and O–H groups in total. The first-order chi connectivity index (χ1) is 19.4. The van der Waals surface area contributed by atoms with Crippen molar-refractivity contribution < 1.29 is 25.6 Å². The molecule has 7 rings (SSSR count). The number of para-hydroxylation sites is 3. The summed E-state index contributed by atoms with van der Waals surface area (Å²) in [6, 6.07) is 42.6. The Kier molecular flexibility index (Phi) is 7.07. The van der Waals surface area contributed by atoms with Crippen molar-refractivity contribution in [1.82, 2.24) is 14.1 Å². The smallest absolute Gasteiger partial charge is 0.319 e. The number of hydrogen-bond donors (Lipinski definition) is 0. The van der Waals surface area contributed by atoms with Crippen LogP contribution < -0.4 is 4.58 Å². The van der Waals surface area contributed by atoms with E-state index >= 15 is 0 Å². The largest absolute Gasteiger partial charge is 2.00 e. The molecule has 6 heteroatoms. The summed E-state index contributed by atoms with van der Waals surface area (Å²) in [4.78, 5) is 6.75. The number of rotatable bonds is 4. The quantitative estimate of drug-likeness (QED) is 0.134. The SMILES string of the molecule is C[N+]1=C=[N+](c2[c-]c(Sc3[c-]c4c(cc3)c3ccccc3n4-c3ccccn3)cc(C(C)(C)C)c2)c2ccccc21.[Pt+2]. The molecule has 0 saturated heterocycles. The Morgan fingerprint density at radius 1 is 0.805 bits per heavy atom. The van der Waals surface area contributed by atoms with Crippen molar-refractivity contribution in [2.75, 3.05) is 7.05 Å². The van der Waals surface area contributed by atoms with E-state index in [4.69, 9.17) is 0 Å². The zero-order valence-corrected chi connectivity index (χ0v) is 26.3. The zero-order valence-electron chi connectivity index (χ0n) is 23.3. The Labute approximate surface area is 259 Å². The Morgan fingerprint density at radius 2 is 1.56 bits per heavy atom. The molecule has 0 aliphatic carbocycles. The molecule has 0 radical (unpaired) electrons. The maximum absolute atomic E-state index is 4.67. The molecule has 6 aromatic rings. The molecule has 0 saturated carbocycles. The minimum absolute atomic E-state index is 0. The van der Waals surface area contributed by atoms with E-state index in [9.17, 15) is 0 Å². The van der Waals surface area contributed by atoms with Gasteiger partial charge in [0.15, 0.2) is 7.05 Å². The van der Waals surface area contributed by atoms with Crippen LogP contribution in [0.4, 0.5) is 17.1 Å². The normalized spacial score (nSPS) is 12.7. The van der Waals surface area contributed by atoms with Gasteiger partial charge < -0.3 is 4.57 Å². The Balaban J connectivity index is 0.00000302. The summed E-state index contributed by atoms with van der Waals surface area (Å²) in [6.45, 7) is 6.75. The maximum Gasteiger partial charge on any atom is 2.00 e. The average Bonchev–Trinajstić information content (AvgIpc) is 3.47. The van der Waals surface area contributed by atoms with E-state index in [-0.39, 0.29) is 26.5 Å². The maximum atomic E-state index is 4.67. The van der Waals surface area contributed by atoms with Crippen LogP contribution in [0.5, 0.6) is 0 Å². The van der Waals surface area contributed by atoms with Crippen LogP contribution in [0.25, 0.3) is 27.6 Å². The van der Waals surface area contributed by atoms with Crippen molar-refractivity contribution in [3.05, 3.63) is 115 Å². The molecule has 1 aliphatic heterocycles. The average molecular weight is 732 g/mol. The van der Waals surface area contributed by atoms with Gasteiger partial charge in [-0.15, -0.1) is 33.7 Å². The monoisotopic (exact) mass is 731 g/mol. The van der Waals surface area contributed by atoms with E-state index in [1.54, 1.807) is 11.8 Å². The molecule has 2 aromatic heterocycles. The number of fused-ring (bicyclic) bond motifs is 4. The van der Waals surface area contributed by atoms with Crippen LogP contribution in [0.3, 0.4) is 0 Å². The summed E-state index contributed by atoms with van der Waals surface area (Å²) in [5.74, 6) is 0.888. The van der Waals surface area contributed by atoms with Gasteiger partial charge in [-0.05, 0) is 29.0 Å². The third-order valence-electron chi connectivity index (χ3n) is 7.33. The van der Waals surface area contributed by atoms with Crippen LogP contribution in [-0.2, 0) is 26.5 Å². The summed E-state index contributed by atoms with van der Waals surface area (Å²) in [5.41, 5.74) is 6.60. The Bertz CT molecular complexity index is 2010. The topological polar surface area (TPSA) is 23.8 Å². The van der Waals surface area contributed by atoms with E-state index in [1.807, 2.05) is 36.0 Å². The van der Waals surface area contributed by atoms with Crippen LogP contribution in [0, 0.1) is 12.1 Å². The van der Waals surface area contributed by atoms with Gasteiger partial charge in [0.1, 0.15) is 11.5 Å². The van der Waals surface area contributed by atoms with Crippen molar-refractivity contribution in [2.24, 2.45) is 0 Å². The number of aromatic nitrogens is 2. The fourth-order valence-electron chi connectivity index (χ4n) is 5.29. The molecule has 41 heavy (non-hydrogen) atoms. The molecule has 1 aliphatic rings. The Morgan fingerprint density at radius 3 is 2.34 bits per heavy atom. The van der Waals surface area contributed by atoms with Gasteiger partial charge in [0, 0.05) is 23.8 Å². The minimum Gasteiger partial charge on any atom is -0.319 e. The van der Waals surface area contributed by atoms with Crippen LogP contribution in [0.1, 0.15) is 26.3 Å². The molecule has 4 aromatic carbocycles. The van der Waals surface area contributed by atoms with Crippen molar-refractivity contribution >= 4 is 56.6 Å². The first-order valence-corrected chi connectivity index (χ1v) is 14.2. The third kappa shape index (κ3) is 4.89. The van der Waals surface area contributed by atoms with Gasteiger partial charge in [0.05, 0.1) is 0 Å². The molecule has 0 atom stereocenters. The van der Waals surface area contributed by atoms with Crippen LogP contribution in [0.15, 0.2) is 107 Å². The van der Waals surface area contributed by atoms with Gasteiger partial charge in [-0.3, -0.25) is 0 Å². The van der Waals surface area contributed by atoms with Gasteiger partial charge in [-0.1, -0.05) is 88.9 Å². The summed E-state index contributed by atoms with van der Waals surface area (Å²) in [5, 5.41) is 2.36. The van der Waals surface area contributed by atoms with Crippen molar-refractivity contribution in [3.63, 3.8) is 0 Å². The molecular weight excluding hydrogens is 704 g/mol.